The molecule has 25 heavy (non-hydrogen) atoms. The van der Waals surface area contributed by atoms with Gasteiger partial charge in [-0.3, -0.25) is 14.6 Å². The normalized spacial score (nSPS) is 16.4. The van der Waals surface area contributed by atoms with Crippen molar-refractivity contribution in [3.8, 4) is 0 Å². The third kappa shape index (κ3) is 5.12. The number of nitrogens with one attached hydrogen (secondary N) is 2. The van der Waals surface area contributed by atoms with Gasteiger partial charge in [0.1, 0.15) is 0 Å². The van der Waals surface area contributed by atoms with E-state index in [1.165, 1.54) is 0 Å². The Morgan fingerprint density at radius 1 is 1.12 bits per heavy atom. The Morgan fingerprint density at radius 2 is 1.96 bits per heavy atom. The molecular formula is C19H21N3O3. The van der Waals surface area contributed by atoms with Gasteiger partial charge in [0.2, 0.25) is 5.91 Å². The lowest BCUT2D eigenvalue weighted by molar-refractivity contribution is -0.116. The molecule has 2 N–H and O–H groups in total. The van der Waals surface area contributed by atoms with Gasteiger partial charge in [0.05, 0.1) is 18.0 Å². The third-order valence-corrected chi connectivity index (χ3v) is 4.07. The van der Waals surface area contributed by atoms with Gasteiger partial charge in [0.25, 0.3) is 5.91 Å². The number of ether oxygens (including phenoxy) is 1. The quantitative estimate of drug-likeness (QED) is 0.847. The summed E-state index contributed by atoms with van der Waals surface area (Å²) in [4.78, 5) is 28.1. The molecule has 1 fully saturated rings. The fourth-order valence-electron chi connectivity index (χ4n) is 2.73. The molecule has 2 aromatic rings. The van der Waals surface area contributed by atoms with Crippen molar-refractivity contribution in [3.05, 3.63) is 54.4 Å². The highest BCUT2D eigenvalue weighted by Crippen LogP contribution is 2.18. The van der Waals surface area contributed by atoms with Crippen LogP contribution in [0, 0.1) is 0 Å². The highest BCUT2D eigenvalue weighted by Gasteiger charge is 2.16. The summed E-state index contributed by atoms with van der Waals surface area (Å²) in [5.41, 5.74) is 1.83. The van der Waals surface area contributed by atoms with Gasteiger partial charge >= 0.3 is 0 Å². The molecule has 0 spiro atoms. The zero-order chi connectivity index (χ0) is 17.5. The molecule has 0 aliphatic carbocycles. The maximum Gasteiger partial charge on any atom is 0.255 e. The highest BCUT2D eigenvalue weighted by atomic mass is 16.5. The van der Waals surface area contributed by atoms with E-state index in [1.54, 1.807) is 48.8 Å². The molecule has 1 saturated heterocycles. The minimum Gasteiger partial charge on any atom is -0.378 e. The van der Waals surface area contributed by atoms with Crippen molar-refractivity contribution in [1.29, 1.82) is 0 Å². The van der Waals surface area contributed by atoms with Crippen LogP contribution in [0.2, 0.25) is 0 Å². The lowest BCUT2D eigenvalue weighted by Crippen LogP contribution is -2.15. The van der Waals surface area contributed by atoms with Gasteiger partial charge in [-0.25, -0.2) is 0 Å². The molecule has 0 saturated carbocycles. The smallest absolute Gasteiger partial charge is 0.255 e. The molecule has 6 nitrogen and oxygen atoms in total. The van der Waals surface area contributed by atoms with E-state index in [-0.39, 0.29) is 17.9 Å². The Balaban J connectivity index is 1.49. The Kier molecular flexibility index (Phi) is 5.74. The van der Waals surface area contributed by atoms with Crippen molar-refractivity contribution in [1.82, 2.24) is 4.98 Å². The van der Waals surface area contributed by atoms with E-state index in [1.807, 2.05) is 0 Å². The molecule has 1 aromatic carbocycles. The SMILES string of the molecule is O=C(CCC1CCCO1)Nc1ccc(C(=O)Nc2cccnc2)cc1. The number of anilines is 2. The van der Waals surface area contributed by atoms with E-state index in [2.05, 4.69) is 15.6 Å². The first-order chi connectivity index (χ1) is 12.2. The number of benzene rings is 1. The number of hydrogen-bond acceptors (Lipinski definition) is 4. The molecule has 1 unspecified atom stereocenters. The number of carbonyl (C=O) groups is 2. The van der Waals surface area contributed by atoms with Crippen LogP contribution in [0.15, 0.2) is 48.8 Å². The third-order valence-electron chi connectivity index (χ3n) is 4.07. The zero-order valence-corrected chi connectivity index (χ0v) is 13.9. The number of amides is 2. The lowest BCUT2D eigenvalue weighted by Gasteiger charge is -2.10. The maximum absolute atomic E-state index is 12.2. The van der Waals surface area contributed by atoms with Crippen LogP contribution in [0.3, 0.4) is 0 Å². The molecule has 1 aliphatic rings. The van der Waals surface area contributed by atoms with Crippen molar-refractivity contribution in [2.75, 3.05) is 17.2 Å². The summed E-state index contributed by atoms with van der Waals surface area (Å²) >= 11 is 0. The van der Waals surface area contributed by atoms with Crippen LogP contribution in [-0.4, -0.2) is 29.5 Å². The molecule has 3 rings (SSSR count). The number of carbonyl (C=O) groups excluding carboxylic acids is 2. The predicted octanol–water partition coefficient (Wildman–Crippen LogP) is 3.23. The number of hydrogen-bond donors (Lipinski definition) is 2. The largest absolute Gasteiger partial charge is 0.378 e. The summed E-state index contributed by atoms with van der Waals surface area (Å²) in [5.74, 6) is -0.257. The predicted molar refractivity (Wildman–Crippen MR) is 95.5 cm³/mol. The van der Waals surface area contributed by atoms with E-state index in [0.29, 0.717) is 23.4 Å². The van der Waals surface area contributed by atoms with Crippen LogP contribution < -0.4 is 10.6 Å². The summed E-state index contributed by atoms with van der Waals surface area (Å²) in [6, 6.07) is 10.3. The van der Waals surface area contributed by atoms with E-state index in [4.69, 9.17) is 4.74 Å². The van der Waals surface area contributed by atoms with Gasteiger partial charge in [0, 0.05) is 30.5 Å². The van der Waals surface area contributed by atoms with Gasteiger partial charge in [-0.15, -0.1) is 0 Å². The van der Waals surface area contributed by atoms with E-state index in [9.17, 15) is 9.59 Å². The molecule has 6 heteroatoms. The summed E-state index contributed by atoms with van der Waals surface area (Å²) in [6.07, 6.45) is 6.74. The second kappa shape index (κ2) is 8.39. The Labute approximate surface area is 146 Å². The summed E-state index contributed by atoms with van der Waals surface area (Å²) in [6.45, 7) is 0.800. The van der Waals surface area contributed by atoms with Crippen molar-refractivity contribution in [3.63, 3.8) is 0 Å². The standard InChI is InChI=1S/C19H21N3O3/c23-18(10-9-17-4-2-12-25-17)21-15-7-5-14(6-8-15)19(24)22-16-3-1-11-20-13-16/h1,3,5-8,11,13,17H,2,4,9-10,12H2,(H,21,23)(H,22,24). The molecule has 0 bridgehead atoms. The zero-order valence-electron chi connectivity index (χ0n) is 13.9. The van der Waals surface area contributed by atoms with Crippen molar-refractivity contribution in [2.45, 2.75) is 31.8 Å². The minimum atomic E-state index is -0.218. The molecule has 2 heterocycles. The van der Waals surface area contributed by atoms with Crippen LogP contribution in [0.4, 0.5) is 11.4 Å². The Morgan fingerprint density at radius 3 is 2.64 bits per heavy atom. The van der Waals surface area contributed by atoms with Crippen molar-refractivity contribution >= 4 is 23.2 Å². The topological polar surface area (TPSA) is 80.3 Å². The van der Waals surface area contributed by atoms with Gasteiger partial charge in [-0.2, -0.15) is 0 Å². The summed E-state index contributed by atoms with van der Waals surface area (Å²) < 4.78 is 5.52. The molecule has 130 valence electrons. The molecule has 0 radical (unpaired) electrons. The molecule has 2 amide bonds. The molecule has 1 aromatic heterocycles. The van der Waals surface area contributed by atoms with Crippen LogP contribution in [0.5, 0.6) is 0 Å². The average Bonchev–Trinajstić information content (AvgIpc) is 3.15. The lowest BCUT2D eigenvalue weighted by atomic mass is 10.1. The van der Waals surface area contributed by atoms with E-state index >= 15 is 0 Å². The molecular weight excluding hydrogens is 318 g/mol. The van der Waals surface area contributed by atoms with Crippen molar-refractivity contribution in [2.24, 2.45) is 0 Å². The fraction of sp³-hybridized carbons (Fsp3) is 0.316. The highest BCUT2D eigenvalue weighted by molar-refractivity contribution is 6.04. The second-order valence-electron chi connectivity index (χ2n) is 6.00. The van der Waals surface area contributed by atoms with Crippen molar-refractivity contribution < 1.29 is 14.3 Å². The van der Waals surface area contributed by atoms with Gasteiger partial charge in [-0.05, 0) is 55.7 Å². The summed E-state index contributed by atoms with van der Waals surface area (Å²) in [7, 11) is 0. The molecule has 1 aliphatic heterocycles. The van der Waals surface area contributed by atoms with Gasteiger partial charge in [-0.1, -0.05) is 0 Å². The number of pyridine rings is 1. The first kappa shape index (κ1) is 17.1. The van der Waals surface area contributed by atoms with Gasteiger partial charge < -0.3 is 15.4 Å². The van der Waals surface area contributed by atoms with Crippen LogP contribution in [0.1, 0.15) is 36.0 Å². The second-order valence-corrected chi connectivity index (χ2v) is 6.00. The first-order valence-corrected chi connectivity index (χ1v) is 8.43. The number of nitrogens with zero attached hydrogens (tertiary/aromatic N) is 1. The fourth-order valence-corrected chi connectivity index (χ4v) is 2.73. The Hall–Kier alpha value is -2.73. The molecule has 1 atom stereocenters. The van der Waals surface area contributed by atoms with Crippen LogP contribution >= 0.6 is 0 Å². The van der Waals surface area contributed by atoms with Crippen LogP contribution in [-0.2, 0) is 9.53 Å². The van der Waals surface area contributed by atoms with E-state index < -0.39 is 0 Å². The average molecular weight is 339 g/mol. The monoisotopic (exact) mass is 339 g/mol. The van der Waals surface area contributed by atoms with E-state index in [0.717, 1.165) is 25.9 Å². The number of aromatic nitrogens is 1. The maximum atomic E-state index is 12.2. The number of rotatable bonds is 6. The Bertz CT molecular complexity index is 710. The van der Waals surface area contributed by atoms with Crippen LogP contribution in [0.25, 0.3) is 0 Å². The van der Waals surface area contributed by atoms with Gasteiger partial charge in [0.15, 0.2) is 0 Å². The minimum absolute atomic E-state index is 0.0388. The first-order valence-electron chi connectivity index (χ1n) is 8.43. The summed E-state index contributed by atoms with van der Waals surface area (Å²) in [5, 5.41) is 5.61.